The van der Waals surface area contributed by atoms with Crippen molar-refractivity contribution in [2.24, 2.45) is 11.3 Å². The van der Waals surface area contributed by atoms with E-state index in [1.165, 1.54) is 15.4 Å². The predicted molar refractivity (Wildman–Crippen MR) is 142 cm³/mol. The van der Waals surface area contributed by atoms with Crippen molar-refractivity contribution in [3.63, 3.8) is 0 Å². The van der Waals surface area contributed by atoms with Gasteiger partial charge in [-0.1, -0.05) is 43.3 Å². The number of carbonyl (C=O) groups is 2. The quantitative estimate of drug-likeness (QED) is 0.531. The van der Waals surface area contributed by atoms with Gasteiger partial charge < -0.3 is 5.11 Å². The number of aromatic nitrogens is 3. The Kier molecular flexibility index (Phi) is 5.18. The van der Waals surface area contributed by atoms with Gasteiger partial charge in [0.25, 0.3) is 0 Å². The third-order valence-electron chi connectivity index (χ3n) is 8.77. The topological polar surface area (TPSA) is 103 Å². The second-order valence-corrected chi connectivity index (χ2v) is 10.9. The van der Waals surface area contributed by atoms with Crippen LogP contribution in [0.5, 0.6) is 5.75 Å². The fourth-order valence-corrected chi connectivity index (χ4v) is 6.99. The Bertz CT molecular complexity index is 1700. The first-order valence-electron chi connectivity index (χ1n) is 12.8. The molecule has 2 aliphatic carbocycles. The number of aromatic hydroxyl groups is 1. The lowest BCUT2D eigenvalue weighted by molar-refractivity contribution is -0.139. The van der Waals surface area contributed by atoms with Crippen LogP contribution in [0.25, 0.3) is 5.69 Å². The molecule has 0 spiro atoms. The number of phenols is 1. The molecule has 6 rings (SSSR count). The van der Waals surface area contributed by atoms with E-state index in [1.54, 1.807) is 31.2 Å². The van der Waals surface area contributed by atoms with Crippen LogP contribution in [-0.2, 0) is 16.1 Å². The van der Waals surface area contributed by atoms with Crippen molar-refractivity contribution in [3.8, 4) is 11.4 Å². The summed E-state index contributed by atoms with van der Waals surface area (Å²) >= 11 is 0. The first kappa shape index (κ1) is 24.2. The first-order chi connectivity index (χ1) is 18.1. The Labute approximate surface area is 219 Å². The van der Waals surface area contributed by atoms with Crippen molar-refractivity contribution < 1.29 is 14.7 Å². The molecule has 0 bridgehead atoms. The number of rotatable bonds is 2. The molecule has 2 aromatic carbocycles. The maximum Gasteiger partial charge on any atom is 0.352 e. The number of allylic oxidation sites excluding steroid dienone is 4. The summed E-state index contributed by atoms with van der Waals surface area (Å²) in [6.45, 7) is 7.32. The maximum absolute atomic E-state index is 13.9. The Balaban J connectivity index is 1.61. The molecule has 4 unspecified atom stereocenters. The summed E-state index contributed by atoms with van der Waals surface area (Å²) in [5.41, 5.74) is 1.91. The molecule has 0 amide bonds. The van der Waals surface area contributed by atoms with Crippen molar-refractivity contribution in [3.05, 3.63) is 103 Å². The average Bonchev–Trinajstić information content (AvgIpc) is 3.15. The number of carbonyl (C=O) groups excluding carboxylic acids is 2. The minimum Gasteiger partial charge on any atom is -0.507 e. The van der Waals surface area contributed by atoms with Gasteiger partial charge in [-0.25, -0.2) is 23.5 Å². The second kappa shape index (κ2) is 8.15. The van der Waals surface area contributed by atoms with Crippen LogP contribution in [0.15, 0.2) is 75.4 Å². The van der Waals surface area contributed by atoms with Crippen LogP contribution >= 0.6 is 0 Å². The van der Waals surface area contributed by atoms with Gasteiger partial charge in [0.05, 0.1) is 23.7 Å². The Morgan fingerprint density at radius 3 is 2.26 bits per heavy atom. The van der Waals surface area contributed by atoms with E-state index in [0.717, 1.165) is 15.7 Å². The van der Waals surface area contributed by atoms with Crippen LogP contribution in [0, 0.1) is 25.2 Å². The second-order valence-electron chi connectivity index (χ2n) is 10.9. The smallest absolute Gasteiger partial charge is 0.352 e. The van der Waals surface area contributed by atoms with E-state index in [0.29, 0.717) is 22.4 Å². The van der Waals surface area contributed by atoms with E-state index in [9.17, 15) is 24.3 Å². The normalized spacial score (nSPS) is 26.3. The van der Waals surface area contributed by atoms with Crippen LogP contribution < -0.4 is 11.4 Å². The molecular weight excluding hydrogens is 482 g/mol. The molecule has 2 heterocycles. The molecule has 8 nitrogen and oxygen atoms in total. The van der Waals surface area contributed by atoms with E-state index < -0.39 is 34.7 Å². The fourth-order valence-electron chi connectivity index (χ4n) is 6.99. The highest BCUT2D eigenvalue weighted by Gasteiger charge is 2.59. The maximum atomic E-state index is 13.9. The summed E-state index contributed by atoms with van der Waals surface area (Å²) in [5.74, 6) is -1.23. The number of fused-ring (bicyclic) bond motifs is 4. The van der Waals surface area contributed by atoms with Crippen LogP contribution in [0.3, 0.4) is 0 Å². The van der Waals surface area contributed by atoms with E-state index in [-0.39, 0.29) is 30.3 Å². The van der Waals surface area contributed by atoms with Gasteiger partial charge >= 0.3 is 11.4 Å². The third kappa shape index (κ3) is 3.09. The molecule has 3 aliphatic rings. The monoisotopic (exact) mass is 511 g/mol. The minimum atomic E-state index is -1.07. The van der Waals surface area contributed by atoms with Crippen molar-refractivity contribution in [2.75, 3.05) is 0 Å². The van der Waals surface area contributed by atoms with Gasteiger partial charge in [-0.2, -0.15) is 0 Å². The molecule has 3 aromatic rings. The highest BCUT2D eigenvalue weighted by molar-refractivity contribution is 6.13. The SMILES string of the molecule is CC1=CC(=O)C2CC3C(=CCn4c(=O)n(-c5ccccc5)c(=O)n43)C(c3cc(C)c(O)c(C)c3)C2(C)C1=O. The van der Waals surface area contributed by atoms with Crippen LogP contribution in [0.4, 0.5) is 0 Å². The molecule has 1 aromatic heterocycles. The van der Waals surface area contributed by atoms with E-state index in [2.05, 4.69) is 0 Å². The summed E-state index contributed by atoms with van der Waals surface area (Å²) in [6, 6.07) is 11.9. The molecule has 38 heavy (non-hydrogen) atoms. The number of ketones is 2. The van der Waals surface area contributed by atoms with Gasteiger partial charge in [0.2, 0.25) is 0 Å². The summed E-state index contributed by atoms with van der Waals surface area (Å²) in [6.07, 6.45) is 3.60. The summed E-state index contributed by atoms with van der Waals surface area (Å²) < 4.78 is 4.05. The summed E-state index contributed by atoms with van der Waals surface area (Å²) in [7, 11) is 0. The van der Waals surface area contributed by atoms with Crippen molar-refractivity contribution in [1.29, 1.82) is 0 Å². The van der Waals surface area contributed by atoms with Gasteiger partial charge in [0.1, 0.15) is 5.75 Å². The Morgan fingerprint density at radius 2 is 1.61 bits per heavy atom. The standard InChI is InChI=1S/C30H29N3O5/c1-16-12-19(13-17(2)26(16)35)25-21-10-11-31-28(37)32(20-8-6-5-7-9-20)29(38)33(31)23(21)15-22-24(34)14-18(3)27(36)30(22,25)4/h5-10,12-14,22-23,25,35H,11,15H2,1-4H3. The zero-order valence-corrected chi connectivity index (χ0v) is 21.8. The molecule has 0 saturated heterocycles. The van der Waals surface area contributed by atoms with Gasteiger partial charge in [-0.05, 0) is 73.2 Å². The average molecular weight is 512 g/mol. The minimum absolute atomic E-state index is 0.0907. The molecular formula is C30H29N3O5. The number of Topliss-reactive ketones (excluding diaryl/α,β-unsaturated/α-hetero) is 1. The molecule has 4 atom stereocenters. The van der Waals surface area contributed by atoms with Crippen LogP contribution in [-0.4, -0.2) is 30.6 Å². The summed E-state index contributed by atoms with van der Waals surface area (Å²) in [4.78, 5) is 54.5. The van der Waals surface area contributed by atoms with Crippen LogP contribution in [0.1, 0.15) is 48.9 Å². The van der Waals surface area contributed by atoms with E-state index >= 15 is 0 Å². The Hall–Kier alpha value is -4.20. The Morgan fingerprint density at radius 1 is 0.947 bits per heavy atom. The van der Waals surface area contributed by atoms with E-state index in [4.69, 9.17) is 0 Å². The zero-order valence-electron chi connectivity index (χ0n) is 21.8. The largest absolute Gasteiger partial charge is 0.507 e. The van der Waals surface area contributed by atoms with Crippen molar-refractivity contribution in [1.82, 2.24) is 13.9 Å². The lowest BCUT2D eigenvalue weighted by atomic mass is 9.51. The molecule has 0 radical (unpaired) electrons. The fraction of sp³-hybridized carbons (Fsp3) is 0.333. The molecule has 1 saturated carbocycles. The number of phenolic OH excluding ortho intramolecular Hbond substituents is 1. The lowest BCUT2D eigenvalue weighted by Crippen LogP contribution is -2.54. The zero-order chi connectivity index (χ0) is 27.1. The molecule has 1 N–H and O–H groups in total. The third-order valence-corrected chi connectivity index (χ3v) is 8.77. The van der Waals surface area contributed by atoms with Crippen LogP contribution in [0.2, 0.25) is 0 Å². The van der Waals surface area contributed by atoms with Gasteiger partial charge in [-0.15, -0.1) is 0 Å². The number of nitrogens with zero attached hydrogens (tertiary/aromatic N) is 3. The first-order valence-corrected chi connectivity index (χ1v) is 12.8. The van der Waals surface area contributed by atoms with Gasteiger partial charge in [0, 0.05) is 11.8 Å². The highest BCUT2D eigenvalue weighted by atomic mass is 16.3. The van der Waals surface area contributed by atoms with Crippen molar-refractivity contribution >= 4 is 11.6 Å². The van der Waals surface area contributed by atoms with Crippen molar-refractivity contribution in [2.45, 2.75) is 52.6 Å². The van der Waals surface area contributed by atoms with Gasteiger partial charge in [0.15, 0.2) is 11.6 Å². The predicted octanol–water partition coefficient (Wildman–Crippen LogP) is 3.51. The summed E-state index contributed by atoms with van der Waals surface area (Å²) in [5, 5.41) is 10.5. The molecule has 194 valence electrons. The number of aryl methyl sites for hydroxylation is 2. The molecule has 1 fully saturated rings. The highest BCUT2D eigenvalue weighted by Crippen LogP contribution is 2.60. The lowest BCUT2D eigenvalue weighted by Gasteiger charge is -2.52. The molecule has 1 aliphatic heterocycles. The number of para-hydroxylation sites is 1. The van der Waals surface area contributed by atoms with E-state index in [1.807, 2.05) is 45.0 Å². The number of benzene rings is 2. The number of hydrogen-bond donors (Lipinski definition) is 1. The number of hydrogen-bond acceptors (Lipinski definition) is 5. The van der Waals surface area contributed by atoms with Gasteiger partial charge in [-0.3, -0.25) is 9.59 Å². The molecule has 8 heteroatoms.